The second-order valence-electron chi connectivity index (χ2n) is 10.0. The molecule has 1 aromatic heterocycles. The number of furan rings is 1. The molecule has 1 aliphatic rings. The Labute approximate surface area is 252 Å². The summed E-state index contributed by atoms with van der Waals surface area (Å²) in [5, 5.41) is 10.8. The first-order valence-corrected chi connectivity index (χ1v) is 14.6. The molecule has 2 N–H and O–H groups in total. The van der Waals surface area contributed by atoms with Crippen molar-refractivity contribution in [1.29, 1.82) is 5.26 Å². The van der Waals surface area contributed by atoms with Gasteiger partial charge in [0.25, 0.3) is 0 Å². The lowest BCUT2D eigenvalue weighted by molar-refractivity contribution is 0.0702. The number of unbranched alkanes of at least 4 members (excludes halogenated alkanes) is 3. The molecule has 5 rings (SSSR count). The first-order chi connectivity index (χ1) is 20.3. The van der Waals surface area contributed by atoms with Gasteiger partial charge < -0.3 is 29.1 Å². The highest BCUT2D eigenvalue weighted by atomic mass is 79.9. The number of nitriles is 1. The summed E-state index contributed by atoms with van der Waals surface area (Å²) in [7, 11) is 1.58. The maximum Gasteiger partial charge on any atom is 0.379 e. The molecule has 0 spiro atoms. The van der Waals surface area contributed by atoms with E-state index >= 15 is 0 Å². The van der Waals surface area contributed by atoms with Gasteiger partial charge >= 0.3 is 5.97 Å². The van der Waals surface area contributed by atoms with Crippen molar-refractivity contribution in [3.63, 3.8) is 0 Å². The number of rotatable bonds is 10. The van der Waals surface area contributed by atoms with E-state index < -0.39 is 11.9 Å². The van der Waals surface area contributed by atoms with Crippen LogP contribution in [0.3, 0.4) is 0 Å². The average molecular weight is 632 g/mol. The van der Waals surface area contributed by atoms with Gasteiger partial charge in [0, 0.05) is 27.1 Å². The SMILES string of the molecule is CCCCCCOc1ccc(C2C(C#N)=C(N)Oc3cc(OC(=O)c4oc5cc(Br)ccc5c4C)ccc32)cc1OC. The number of benzene rings is 3. The number of allylic oxidation sites excluding steroid dienone is 1. The number of nitrogens with two attached hydrogens (primary N) is 1. The Morgan fingerprint density at radius 1 is 1.07 bits per heavy atom. The van der Waals surface area contributed by atoms with E-state index in [4.69, 9.17) is 29.1 Å². The molecule has 4 aromatic rings. The predicted octanol–water partition coefficient (Wildman–Crippen LogP) is 7.91. The average Bonchev–Trinajstić information content (AvgIpc) is 3.31. The van der Waals surface area contributed by atoms with E-state index in [1.807, 2.05) is 37.3 Å². The summed E-state index contributed by atoms with van der Waals surface area (Å²) in [6, 6.07) is 18.4. The maximum absolute atomic E-state index is 13.1. The summed E-state index contributed by atoms with van der Waals surface area (Å²) in [6.45, 7) is 4.57. The molecule has 1 atom stereocenters. The van der Waals surface area contributed by atoms with Crippen LogP contribution in [0.15, 0.2) is 74.9 Å². The fourth-order valence-electron chi connectivity index (χ4n) is 5.08. The van der Waals surface area contributed by atoms with E-state index in [1.54, 1.807) is 31.4 Å². The van der Waals surface area contributed by atoms with Crippen LogP contribution in [0.25, 0.3) is 11.0 Å². The summed E-state index contributed by atoms with van der Waals surface area (Å²) in [6.07, 6.45) is 4.40. The smallest absolute Gasteiger partial charge is 0.379 e. The summed E-state index contributed by atoms with van der Waals surface area (Å²) in [5.41, 5.74) is 9.22. The fourth-order valence-corrected chi connectivity index (χ4v) is 5.42. The Kier molecular flexibility index (Phi) is 8.74. The van der Waals surface area contributed by atoms with Crippen molar-refractivity contribution in [2.75, 3.05) is 13.7 Å². The standard InChI is InChI=1S/C33H31BrN2O6/c1-4-5-6-7-14-39-26-13-8-20(15-29(26)38-3)30-24-12-10-22(17-28(24)42-32(36)25(30)18-35)40-33(37)31-19(2)23-11-9-21(34)16-27(23)41-31/h8-13,15-17,30H,4-7,14,36H2,1-3H3. The third-order valence-electron chi connectivity index (χ3n) is 7.26. The highest BCUT2D eigenvalue weighted by molar-refractivity contribution is 9.10. The highest BCUT2D eigenvalue weighted by Gasteiger charge is 2.32. The number of aryl methyl sites for hydroxylation is 1. The molecule has 1 unspecified atom stereocenters. The minimum Gasteiger partial charge on any atom is -0.493 e. The Hall–Kier alpha value is -4.42. The monoisotopic (exact) mass is 630 g/mol. The summed E-state index contributed by atoms with van der Waals surface area (Å²) in [4.78, 5) is 13.1. The largest absolute Gasteiger partial charge is 0.493 e. The zero-order chi connectivity index (χ0) is 29.8. The number of fused-ring (bicyclic) bond motifs is 2. The predicted molar refractivity (Wildman–Crippen MR) is 162 cm³/mol. The van der Waals surface area contributed by atoms with Crippen molar-refractivity contribution >= 4 is 32.9 Å². The third kappa shape index (κ3) is 5.81. The van der Waals surface area contributed by atoms with Gasteiger partial charge in [-0.2, -0.15) is 5.26 Å². The fraction of sp³-hybridized carbons (Fsp3) is 0.273. The van der Waals surface area contributed by atoms with Gasteiger partial charge in [-0.1, -0.05) is 54.2 Å². The van der Waals surface area contributed by atoms with E-state index in [1.165, 1.54) is 6.42 Å². The molecule has 0 radical (unpaired) electrons. The summed E-state index contributed by atoms with van der Waals surface area (Å²) < 4.78 is 29.7. The molecular weight excluding hydrogens is 600 g/mol. The van der Waals surface area contributed by atoms with E-state index in [0.29, 0.717) is 40.6 Å². The molecule has 9 heteroatoms. The summed E-state index contributed by atoms with van der Waals surface area (Å²) >= 11 is 3.42. The Morgan fingerprint density at radius 3 is 2.67 bits per heavy atom. The van der Waals surface area contributed by atoms with Crippen LogP contribution in [-0.2, 0) is 0 Å². The van der Waals surface area contributed by atoms with Gasteiger partial charge in [0.05, 0.1) is 19.6 Å². The van der Waals surface area contributed by atoms with Gasteiger partial charge in [-0.15, -0.1) is 0 Å². The Bertz CT molecular complexity index is 1720. The van der Waals surface area contributed by atoms with E-state index in [2.05, 4.69) is 28.9 Å². The van der Waals surface area contributed by atoms with E-state index in [-0.39, 0.29) is 23.0 Å². The highest BCUT2D eigenvalue weighted by Crippen LogP contribution is 2.45. The van der Waals surface area contributed by atoms with Crippen LogP contribution in [-0.4, -0.2) is 19.7 Å². The van der Waals surface area contributed by atoms with Crippen molar-refractivity contribution in [3.05, 3.63) is 93.0 Å². The van der Waals surface area contributed by atoms with Crippen LogP contribution < -0.4 is 24.7 Å². The molecular formula is C33H31BrN2O6. The minimum atomic E-state index is -0.636. The lowest BCUT2D eigenvalue weighted by atomic mass is 9.83. The number of carbonyl (C=O) groups excluding carboxylic acids is 1. The molecule has 216 valence electrons. The van der Waals surface area contributed by atoms with Crippen molar-refractivity contribution in [2.24, 2.45) is 5.73 Å². The molecule has 0 bridgehead atoms. The molecule has 0 fully saturated rings. The maximum atomic E-state index is 13.1. The lowest BCUT2D eigenvalue weighted by Gasteiger charge is -2.27. The van der Waals surface area contributed by atoms with Crippen LogP contribution in [0.2, 0.25) is 0 Å². The first kappa shape index (κ1) is 29.1. The van der Waals surface area contributed by atoms with Crippen molar-refractivity contribution < 1.29 is 28.2 Å². The number of esters is 1. The topological polar surface area (TPSA) is 117 Å². The number of carbonyl (C=O) groups is 1. The molecule has 0 amide bonds. The van der Waals surface area contributed by atoms with Crippen LogP contribution >= 0.6 is 15.9 Å². The van der Waals surface area contributed by atoms with Crippen LogP contribution in [0, 0.1) is 18.3 Å². The lowest BCUT2D eigenvalue weighted by Crippen LogP contribution is -2.21. The molecule has 42 heavy (non-hydrogen) atoms. The van der Waals surface area contributed by atoms with Crippen LogP contribution in [0.5, 0.6) is 23.0 Å². The molecule has 3 aromatic carbocycles. The van der Waals surface area contributed by atoms with Gasteiger partial charge in [0.1, 0.15) is 28.7 Å². The Balaban J connectivity index is 1.41. The number of nitrogens with zero attached hydrogens (tertiary/aromatic N) is 1. The van der Waals surface area contributed by atoms with E-state index in [9.17, 15) is 10.1 Å². The second kappa shape index (κ2) is 12.6. The van der Waals surface area contributed by atoms with Crippen molar-refractivity contribution in [3.8, 4) is 29.1 Å². The molecule has 1 aliphatic heterocycles. The zero-order valence-electron chi connectivity index (χ0n) is 23.7. The number of ether oxygens (including phenoxy) is 4. The third-order valence-corrected chi connectivity index (χ3v) is 7.76. The second-order valence-corrected chi connectivity index (χ2v) is 10.9. The minimum absolute atomic E-state index is 0.0209. The normalized spacial score (nSPS) is 14.2. The molecule has 0 aliphatic carbocycles. The first-order valence-electron chi connectivity index (χ1n) is 13.8. The number of halogens is 1. The molecule has 8 nitrogen and oxygen atoms in total. The van der Waals surface area contributed by atoms with E-state index in [0.717, 1.165) is 34.7 Å². The van der Waals surface area contributed by atoms with Gasteiger partial charge in [-0.3, -0.25) is 0 Å². The van der Waals surface area contributed by atoms with Gasteiger partial charge in [-0.05, 0) is 55.3 Å². The molecule has 0 saturated carbocycles. The molecule has 2 heterocycles. The number of hydrogen-bond acceptors (Lipinski definition) is 8. The van der Waals surface area contributed by atoms with Crippen LogP contribution in [0.1, 0.15) is 65.8 Å². The van der Waals surface area contributed by atoms with Gasteiger partial charge in [-0.25, -0.2) is 4.79 Å². The van der Waals surface area contributed by atoms with Crippen molar-refractivity contribution in [2.45, 2.75) is 45.4 Å². The number of hydrogen-bond donors (Lipinski definition) is 1. The molecule has 0 saturated heterocycles. The van der Waals surface area contributed by atoms with Gasteiger partial charge in [0.15, 0.2) is 11.5 Å². The van der Waals surface area contributed by atoms with Crippen molar-refractivity contribution in [1.82, 2.24) is 0 Å². The van der Waals surface area contributed by atoms with Gasteiger partial charge in [0.2, 0.25) is 11.6 Å². The Morgan fingerprint density at radius 2 is 1.90 bits per heavy atom. The quantitative estimate of drug-likeness (QED) is 0.107. The summed E-state index contributed by atoms with van der Waals surface area (Å²) in [5.74, 6) is 0.758. The number of methoxy groups -OCH3 is 1. The zero-order valence-corrected chi connectivity index (χ0v) is 25.2. The van der Waals surface area contributed by atoms with Crippen LogP contribution in [0.4, 0.5) is 0 Å².